The third-order valence-electron chi connectivity index (χ3n) is 7.86. The molecule has 0 saturated carbocycles. The van der Waals surface area contributed by atoms with Crippen LogP contribution in [0.3, 0.4) is 0 Å². The molecule has 0 heterocycles. The molecular formula is C44H56CaCl2F2N2O16. The van der Waals surface area contributed by atoms with Gasteiger partial charge in [0.2, 0.25) is 0 Å². The zero-order chi connectivity index (χ0) is 44.2. The quantitative estimate of drug-likeness (QED) is 0.0990. The Balaban J connectivity index is -0.000000346. The van der Waals surface area contributed by atoms with Crippen molar-refractivity contribution in [3.63, 3.8) is 0 Å². The number of nitrogens with zero attached hydrogens (tertiary/aromatic N) is 2. The number of aliphatic carboxylic acids is 2. The maximum Gasteiger partial charge on any atom is 2.00 e. The molecule has 0 aliphatic carbocycles. The Morgan fingerprint density at radius 2 is 0.896 bits per heavy atom. The number of rotatable bonds is 22. The van der Waals surface area contributed by atoms with Gasteiger partial charge >= 0.3 is 37.7 Å². The number of carboxylic acid groups (broad SMARTS) is 2. The molecule has 18 nitrogen and oxygen atoms in total. The predicted molar refractivity (Wildman–Crippen MR) is 242 cm³/mol. The second-order valence-electron chi connectivity index (χ2n) is 13.6. The van der Waals surface area contributed by atoms with Crippen LogP contribution in [0.15, 0.2) is 84.9 Å². The average molecular weight is 1020 g/mol. The van der Waals surface area contributed by atoms with E-state index in [1.807, 2.05) is 12.1 Å². The van der Waals surface area contributed by atoms with Gasteiger partial charge in [0.05, 0.1) is 35.3 Å². The van der Waals surface area contributed by atoms with Crippen molar-refractivity contribution in [2.24, 2.45) is 0 Å². The maximum absolute atomic E-state index is 14.2. The van der Waals surface area contributed by atoms with Crippen molar-refractivity contribution in [3.8, 4) is 35.1 Å². The number of hydrogen-bond acceptors (Lipinski definition) is 12. The third kappa shape index (κ3) is 27.1. The molecule has 0 aromatic heterocycles. The van der Waals surface area contributed by atoms with Crippen LogP contribution in [0.1, 0.15) is 49.9 Å². The molecule has 0 aliphatic rings. The molecule has 0 saturated heterocycles. The summed E-state index contributed by atoms with van der Waals surface area (Å²) in [5.41, 5.74) is 1.76. The van der Waals surface area contributed by atoms with Gasteiger partial charge in [0, 0.05) is 22.9 Å². The van der Waals surface area contributed by atoms with Crippen molar-refractivity contribution in [2.45, 2.75) is 77.3 Å². The summed E-state index contributed by atoms with van der Waals surface area (Å²) in [5.74, 6) is -1.33. The zero-order valence-electron chi connectivity index (χ0n) is 37.0. The smallest absolute Gasteiger partial charge is 0.547 e. The molecule has 0 aliphatic heterocycles. The number of benzene rings is 4. The first-order valence-corrected chi connectivity index (χ1v) is 19.4. The van der Waals surface area contributed by atoms with Crippen molar-refractivity contribution in [1.82, 2.24) is 0 Å². The first-order valence-electron chi connectivity index (χ1n) is 18.7. The van der Waals surface area contributed by atoms with Gasteiger partial charge in [0.1, 0.15) is 73.8 Å². The molecule has 0 spiro atoms. The predicted octanol–water partition coefficient (Wildman–Crippen LogP) is 0.858. The molecule has 4 rings (SSSR count). The summed E-state index contributed by atoms with van der Waals surface area (Å²) < 4.78 is 60.7. The summed E-state index contributed by atoms with van der Waals surface area (Å²) in [5, 5.41) is 41.4. The van der Waals surface area contributed by atoms with Crippen LogP contribution < -0.4 is 29.2 Å². The summed E-state index contributed by atoms with van der Waals surface area (Å²) in [6, 6.07) is 26.2. The van der Waals surface area contributed by atoms with Crippen LogP contribution in [0.2, 0.25) is 10.0 Å². The SMILES string of the molecule is CC(C)O[C@@H](Cc1cccc(OC[C@H](F)COc2ccc(Cl)cc2C#N)c1)C(=O)[O-].CC(C)O[C@@H](Cc1cccc(OC[C@H](F)COc2ccc(Cl)cc2C#N)c1)C(=O)[O-].O.O.O.O.O.O.[Ca+2]. The molecule has 23 heteroatoms. The Labute approximate surface area is 426 Å². The molecule has 67 heavy (non-hydrogen) atoms. The summed E-state index contributed by atoms with van der Waals surface area (Å²) in [6.07, 6.45) is -5.38. The molecule has 4 aromatic carbocycles. The molecule has 12 N–H and O–H groups in total. The minimum Gasteiger partial charge on any atom is -0.547 e. The summed E-state index contributed by atoms with van der Waals surface area (Å²) >= 11 is 11.6. The van der Waals surface area contributed by atoms with E-state index in [1.165, 1.54) is 24.3 Å². The van der Waals surface area contributed by atoms with Gasteiger partial charge in [0.25, 0.3) is 0 Å². The van der Waals surface area contributed by atoms with Crippen LogP contribution in [-0.2, 0) is 31.9 Å². The molecule has 368 valence electrons. The van der Waals surface area contributed by atoms with E-state index in [-0.39, 0.29) is 145 Å². The van der Waals surface area contributed by atoms with Crippen LogP contribution >= 0.6 is 23.2 Å². The van der Waals surface area contributed by atoms with Crippen LogP contribution in [0, 0.1) is 22.7 Å². The van der Waals surface area contributed by atoms with Crippen LogP contribution in [0.5, 0.6) is 23.0 Å². The van der Waals surface area contributed by atoms with E-state index in [4.69, 9.17) is 62.1 Å². The van der Waals surface area contributed by atoms with E-state index in [9.17, 15) is 28.6 Å². The van der Waals surface area contributed by atoms with Crippen LogP contribution in [0.25, 0.3) is 0 Å². The zero-order valence-corrected chi connectivity index (χ0v) is 40.7. The fourth-order valence-electron chi connectivity index (χ4n) is 5.24. The van der Waals surface area contributed by atoms with Gasteiger partial charge in [-0.2, -0.15) is 10.5 Å². The summed E-state index contributed by atoms with van der Waals surface area (Å²) in [6.45, 7) is 5.81. The molecule has 0 amide bonds. The van der Waals surface area contributed by atoms with E-state index in [1.54, 1.807) is 88.4 Å². The number of carbonyl (C=O) groups is 2. The van der Waals surface area contributed by atoms with Crippen molar-refractivity contribution >= 4 is 72.9 Å². The first kappa shape index (κ1) is 71.4. The number of halogens is 4. The number of hydrogen-bond donors (Lipinski definition) is 0. The number of carboxylic acids is 2. The topological polar surface area (TPSA) is 372 Å². The normalized spacial score (nSPS) is 11.5. The molecule has 4 aromatic rings. The van der Waals surface area contributed by atoms with Crippen molar-refractivity contribution in [3.05, 3.63) is 117 Å². The van der Waals surface area contributed by atoms with Crippen molar-refractivity contribution in [1.29, 1.82) is 10.5 Å². The van der Waals surface area contributed by atoms with E-state index >= 15 is 0 Å². The number of alkyl halides is 2. The van der Waals surface area contributed by atoms with Gasteiger partial charge < -0.3 is 81.1 Å². The van der Waals surface area contributed by atoms with Gasteiger partial charge in [-0.3, -0.25) is 0 Å². The molecule has 0 bridgehead atoms. The molecule has 0 radical (unpaired) electrons. The Morgan fingerprint density at radius 1 is 0.567 bits per heavy atom. The fraction of sp³-hybridized carbons (Fsp3) is 0.364. The molecule has 4 atom stereocenters. The fourth-order valence-corrected chi connectivity index (χ4v) is 5.59. The minimum absolute atomic E-state index is 0. The largest absolute Gasteiger partial charge is 2.00 e. The minimum atomic E-state index is -1.45. The Bertz CT molecular complexity index is 1970. The van der Waals surface area contributed by atoms with Gasteiger partial charge in [-0.15, -0.1) is 0 Å². The Kier molecular flexibility index (Phi) is 39.8. The van der Waals surface area contributed by atoms with Gasteiger partial charge in [-0.1, -0.05) is 47.5 Å². The second-order valence-corrected chi connectivity index (χ2v) is 14.5. The number of ether oxygens (including phenoxy) is 6. The van der Waals surface area contributed by atoms with Crippen molar-refractivity contribution in [2.75, 3.05) is 26.4 Å². The number of carbonyl (C=O) groups excluding carboxylic acids is 2. The standard InChI is InChI=1S/2C22H23ClFNO5.Ca.6H2O/c2*1-14(2)30-21(22(26)27)9-15-4-3-5-19(8-15)28-12-18(24)13-29-20-7-6-17(23)10-16(20)11-25;;;;;;;/h2*3-8,10,14,18,21H,9,12-13H2,1-2H3,(H,26,27);;6*1H2/q;;+2;;;;;;/p-2/t2*18-,21-;;;;;;;/m00......./s1. The van der Waals surface area contributed by atoms with E-state index in [2.05, 4.69) is 0 Å². The first-order chi connectivity index (χ1) is 28.6. The van der Waals surface area contributed by atoms with Crippen molar-refractivity contribution < 1.29 is 89.9 Å². The van der Waals surface area contributed by atoms with Gasteiger partial charge in [-0.25, -0.2) is 8.78 Å². The van der Waals surface area contributed by atoms with E-state index in [0.717, 1.165) is 0 Å². The van der Waals surface area contributed by atoms with Gasteiger partial charge in [0.15, 0.2) is 12.3 Å². The van der Waals surface area contributed by atoms with Crippen LogP contribution in [0.4, 0.5) is 8.78 Å². The molecule has 0 unspecified atom stereocenters. The maximum atomic E-state index is 14.2. The van der Waals surface area contributed by atoms with Crippen LogP contribution in [-0.4, -0.2) is 146 Å². The Hall–Kier alpha value is -4.62. The Morgan fingerprint density at radius 3 is 1.19 bits per heavy atom. The van der Waals surface area contributed by atoms with Gasteiger partial charge in [-0.05, 0) is 99.5 Å². The third-order valence-corrected chi connectivity index (χ3v) is 8.33. The van der Waals surface area contributed by atoms with E-state index < -0.39 is 36.5 Å². The number of nitriles is 2. The molecular weight excluding hydrogens is 961 g/mol. The monoisotopic (exact) mass is 1020 g/mol. The van der Waals surface area contributed by atoms with E-state index in [0.29, 0.717) is 32.7 Å². The summed E-state index contributed by atoms with van der Waals surface area (Å²) in [4.78, 5) is 22.5. The average Bonchev–Trinajstić information content (AvgIpc) is 3.20. The molecule has 0 fully saturated rings. The summed E-state index contributed by atoms with van der Waals surface area (Å²) in [7, 11) is 0. The second kappa shape index (κ2) is 37.4.